The van der Waals surface area contributed by atoms with Crippen molar-refractivity contribution < 1.29 is 18.7 Å². The Kier molecular flexibility index (Phi) is 5.22. The minimum absolute atomic E-state index is 0.135. The number of hydrogen-bond donors (Lipinski definition) is 1. The summed E-state index contributed by atoms with van der Waals surface area (Å²) in [7, 11) is 2.98. The van der Waals surface area contributed by atoms with Crippen LogP contribution in [0, 0.1) is 5.82 Å². The predicted octanol–water partition coefficient (Wildman–Crippen LogP) is 5.10. The Bertz CT molecular complexity index is 941. The summed E-state index contributed by atoms with van der Waals surface area (Å²) < 4.78 is 25.3. The van der Waals surface area contributed by atoms with Gasteiger partial charge in [0.1, 0.15) is 5.82 Å². The van der Waals surface area contributed by atoms with Crippen molar-refractivity contribution in [2.24, 2.45) is 0 Å². The molecule has 0 radical (unpaired) electrons. The zero-order chi connectivity index (χ0) is 18.0. The largest absolute Gasteiger partial charge is 0.493 e. The van der Waals surface area contributed by atoms with Gasteiger partial charge in [-0.2, -0.15) is 0 Å². The molecular formula is C18H15ClFNO3S. The molecular weight excluding hydrogens is 365 g/mol. The van der Waals surface area contributed by atoms with Gasteiger partial charge in [-0.25, -0.2) is 4.39 Å². The molecule has 0 aliphatic heterocycles. The molecule has 0 aliphatic carbocycles. The van der Waals surface area contributed by atoms with Crippen LogP contribution in [0.4, 0.5) is 10.1 Å². The molecule has 25 heavy (non-hydrogen) atoms. The number of benzene rings is 2. The Morgan fingerprint density at radius 2 is 2.00 bits per heavy atom. The maximum absolute atomic E-state index is 14.2. The van der Waals surface area contributed by atoms with Crippen LogP contribution in [0.15, 0.2) is 36.4 Å². The second-order valence-electron chi connectivity index (χ2n) is 5.23. The highest BCUT2D eigenvalue weighted by atomic mass is 35.5. The molecule has 7 heteroatoms. The van der Waals surface area contributed by atoms with Crippen molar-refractivity contribution in [3.05, 3.63) is 57.7 Å². The van der Waals surface area contributed by atoms with Gasteiger partial charge in [0.2, 0.25) is 0 Å². The molecule has 130 valence electrons. The van der Waals surface area contributed by atoms with Crippen molar-refractivity contribution >= 4 is 44.6 Å². The van der Waals surface area contributed by atoms with Gasteiger partial charge in [-0.05, 0) is 24.3 Å². The number of carbonyl (C=O) groups is 1. The molecule has 1 amide bonds. The van der Waals surface area contributed by atoms with Crippen LogP contribution in [0.5, 0.6) is 5.75 Å². The zero-order valence-electron chi connectivity index (χ0n) is 13.6. The fourth-order valence-corrected chi connectivity index (χ4v) is 4.00. The van der Waals surface area contributed by atoms with Gasteiger partial charge in [-0.1, -0.05) is 23.7 Å². The Morgan fingerprint density at radius 1 is 1.24 bits per heavy atom. The lowest BCUT2D eigenvalue weighted by Crippen LogP contribution is -2.13. The van der Waals surface area contributed by atoms with Crippen LogP contribution >= 0.6 is 22.9 Å². The fourth-order valence-electron chi connectivity index (χ4n) is 2.63. The van der Waals surface area contributed by atoms with Gasteiger partial charge in [0.05, 0.1) is 29.3 Å². The van der Waals surface area contributed by atoms with Gasteiger partial charge < -0.3 is 14.8 Å². The van der Waals surface area contributed by atoms with E-state index >= 15 is 0 Å². The second-order valence-corrected chi connectivity index (χ2v) is 6.69. The van der Waals surface area contributed by atoms with Gasteiger partial charge in [-0.15, -0.1) is 11.3 Å². The summed E-state index contributed by atoms with van der Waals surface area (Å²) in [4.78, 5) is 13.2. The fraction of sp³-hybridized carbons (Fsp3) is 0.167. The second kappa shape index (κ2) is 7.39. The lowest BCUT2D eigenvalue weighted by atomic mass is 10.1. The number of nitrogens with one attached hydrogen (secondary N) is 1. The molecule has 3 aromatic rings. The minimum Gasteiger partial charge on any atom is -0.493 e. The molecule has 0 fully saturated rings. The molecule has 3 rings (SSSR count). The number of halogens is 2. The molecule has 2 aromatic carbocycles. The predicted molar refractivity (Wildman–Crippen MR) is 98.5 cm³/mol. The number of ether oxygens (including phenoxy) is 2. The van der Waals surface area contributed by atoms with Crippen LogP contribution < -0.4 is 10.1 Å². The molecule has 0 saturated heterocycles. The summed E-state index contributed by atoms with van der Waals surface area (Å²) in [5.41, 5.74) is 0.973. The Labute approximate surface area is 153 Å². The highest BCUT2D eigenvalue weighted by molar-refractivity contribution is 7.21. The first-order valence-corrected chi connectivity index (χ1v) is 8.59. The van der Waals surface area contributed by atoms with Crippen LogP contribution in [-0.2, 0) is 11.3 Å². The monoisotopic (exact) mass is 379 g/mol. The highest BCUT2D eigenvalue weighted by Gasteiger charge is 2.22. The summed E-state index contributed by atoms with van der Waals surface area (Å²) in [6.45, 7) is 0.135. The molecule has 1 aromatic heterocycles. The third kappa shape index (κ3) is 3.33. The number of para-hydroxylation sites is 1. The van der Waals surface area contributed by atoms with Crippen molar-refractivity contribution in [3.63, 3.8) is 0 Å². The number of thiophene rings is 1. The van der Waals surface area contributed by atoms with Crippen LogP contribution in [0.1, 0.15) is 15.2 Å². The van der Waals surface area contributed by atoms with E-state index in [1.54, 1.807) is 30.3 Å². The van der Waals surface area contributed by atoms with Crippen molar-refractivity contribution in [3.8, 4) is 5.75 Å². The standard InChI is InChI=1S/C18H15ClFNO3S/c1-23-9-10-15-12(20)6-4-8-14(15)25-17(10)18(22)21-13-7-3-5-11(19)16(13)24-2/h3-8H,9H2,1-2H3,(H,21,22). The first-order valence-electron chi connectivity index (χ1n) is 7.39. The van der Waals surface area contributed by atoms with E-state index in [1.807, 2.05) is 0 Å². The first kappa shape index (κ1) is 17.7. The summed E-state index contributed by atoms with van der Waals surface area (Å²) >= 11 is 7.30. The topological polar surface area (TPSA) is 47.6 Å². The van der Waals surface area contributed by atoms with Gasteiger partial charge in [0.25, 0.3) is 5.91 Å². The van der Waals surface area contributed by atoms with Crippen LogP contribution in [0.3, 0.4) is 0 Å². The number of amides is 1. The molecule has 0 unspecified atom stereocenters. The third-order valence-electron chi connectivity index (χ3n) is 3.68. The number of anilines is 1. The van der Waals surface area contributed by atoms with Crippen molar-refractivity contribution in [1.29, 1.82) is 0 Å². The molecule has 0 spiro atoms. The first-order chi connectivity index (χ1) is 12.1. The van der Waals surface area contributed by atoms with Gasteiger partial charge in [0, 0.05) is 22.8 Å². The molecule has 0 atom stereocenters. The smallest absolute Gasteiger partial charge is 0.266 e. The zero-order valence-corrected chi connectivity index (χ0v) is 15.1. The van der Waals surface area contributed by atoms with Crippen LogP contribution in [0.25, 0.3) is 10.1 Å². The number of rotatable bonds is 5. The maximum Gasteiger partial charge on any atom is 0.266 e. The highest BCUT2D eigenvalue weighted by Crippen LogP contribution is 2.36. The molecule has 4 nitrogen and oxygen atoms in total. The molecule has 0 saturated carbocycles. The van der Waals surface area contributed by atoms with Crippen molar-refractivity contribution in [2.45, 2.75) is 6.61 Å². The quantitative estimate of drug-likeness (QED) is 0.670. The van der Waals surface area contributed by atoms with Crippen LogP contribution in [-0.4, -0.2) is 20.1 Å². The number of hydrogen-bond acceptors (Lipinski definition) is 4. The van der Waals surface area contributed by atoms with Crippen LogP contribution in [0.2, 0.25) is 5.02 Å². The van der Waals surface area contributed by atoms with E-state index in [-0.39, 0.29) is 18.3 Å². The van der Waals surface area contributed by atoms with E-state index in [1.165, 1.54) is 31.6 Å². The summed E-state index contributed by atoms with van der Waals surface area (Å²) in [6, 6.07) is 9.83. The molecule has 0 bridgehead atoms. The van der Waals surface area contributed by atoms with Gasteiger partial charge in [0.15, 0.2) is 5.75 Å². The van der Waals surface area contributed by atoms with E-state index in [4.69, 9.17) is 21.1 Å². The number of methoxy groups -OCH3 is 2. The Hall–Kier alpha value is -2.15. The van der Waals surface area contributed by atoms with Crippen molar-refractivity contribution in [1.82, 2.24) is 0 Å². The van der Waals surface area contributed by atoms with E-state index in [2.05, 4.69) is 5.32 Å². The van der Waals surface area contributed by atoms with Gasteiger partial charge in [-0.3, -0.25) is 4.79 Å². The summed E-state index contributed by atoms with van der Waals surface area (Å²) in [5, 5.41) is 3.58. The minimum atomic E-state index is -0.375. The lowest BCUT2D eigenvalue weighted by molar-refractivity contribution is 0.102. The molecule has 1 N–H and O–H groups in total. The van der Waals surface area contributed by atoms with E-state index in [0.717, 1.165) is 0 Å². The Morgan fingerprint density at radius 3 is 2.72 bits per heavy atom. The van der Waals surface area contributed by atoms with E-state index < -0.39 is 0 Å². The average molecular weight is 380 g/mol. The van der Waals surface area contributed by atoms with E-state index in [9.17, 15) is 9.18 Å². The van der Waals surface area contributed by atoms with Crippen molar-refractivity contribution in [2.75, 3.05) is 19.5 Å². The SMILES string of the molecule is COCc1c(C(=O)Nc2cccc(Cl)c2OC)sc2cccc(F)c12. The number of carbonyl (C=O) groups excluding carboxylic acids is 1. The summed E-state index contributed by atoms with van der Waals surface area (Å²) in [6.07, 6.45) is 0. The number of fused-ring (bicyclic) bond motifs is 1. The molecule has 0 aliphatic rings. The third-order valence-corrected chi connectivity index (χ3v) is 5.17. The van der Waals surface area contributed by atoms with Gasteiger partial charge >= 0.3 is 0 Å². The Balaban J connectivity index is 2.04. The maximum atomic E-state index is 14.2. The summed E-state index contributed by atoms with van der Waals surface area (Å²) in [5.74, 6) is -0.369. The average Bonchev–Trinajstić information content (AvgIpc) is 2.96. The molecule has 1 heterocycles. The lowest BCUT2D eigenvalue weighted by Gasteiger charge is -2.11. The normalized spacial score (nSPS) is 10.9. The van der Waals surface area contributed by atoms with E-state index in [0.29, 0.717) is 37.0 Å².